The first-order valence-corrected chi connectivity index (χ1v) is 5.69. The fraction of sp³-hybridized carbons (Fsp3) is 0.333. The van der Waals surface area contributed by atoms with Crippen molar-refractivity contribution in [3.05, 3.63) is 23.2 Å². The normalized spacial score (nSPS) is 18.3. The summed E-state index contributed by atoms with van der Waals surface area (Å²) in [6, 6.07) is 7.04. The van der Waals surface area contributed by atoms with Crippen LogP contribution in [0.25, 0.3) is 0 Å². The molecule has 0 aliphatic carbocycles. The minimum absolute atomic E-state index is 0.00599. The number of anilines is 1. The lowest BCUT2D eigenvalue weighted by Crippen LogP contribution is -2.45. The Labute approximate surface area is 104 Å². The van der Waals surface area contributed by atoms with Gasteiger partial charge in [-0.05, 0) is 24.6 Å². The molecular formula is C12H11ClN2O2. The van der Waals surface area contributed by atoms with Crippen LogP contribution in [0.3, 0.4) is 0 Å². The van der Waals surface area contributed by atoms with E-state index >= 15 is 0 Å². The lowest BCUT2D eigenvalue weighted by molar-refractivity contribution is -0.126. The summed E-state index contributed by atoms with van der Waals surface area (Å²) in [5.74, 6) is 0.403. The summed E-state index contributed by atoms with van der Waals surface area (Å²) in [7, 11) is 0. The maximum absolute atomic E-state index is 12.0. The number of benzene rings is 1. The van der Waals surface area contributed by atoms with Crippen molar-refractivity contribution in [2.45, 2.75) is 19.4 Å². The first kappa shape index (κ1) is 11.7. The number of nitriles is 1. The molecule has 1 unspecified atom stereocenters. The zero-order valence-corrected chi connectivity index (χ0v) is 10.1. The summed E-state index contributed by atoms with van der Waals surface area (Å²) >= 11 is 5.88. The van der Waals surface area contributed by atoms with Gasteiger partial charge < -0.3 is 4.74 Å². The summed E-state index contributed by atoms with van der Waals surface area (Å²) in [6.45, 7) is 1.88. The molecule has 0 saturated heterocycles. The van der Waals surface area contributed by atoms with Gasteiger partial charge in [0.15, 0.2) is 6.10 Å². The smallest absolute Gasteiger partial charge is 0.269 e. The number of amides is 1. The van der Waals surface area contributed by atoms with Gasteiger partial charge in [0.05, 0.1) is 11.8 Å². The van der Waals surface area contributed by atoms with E-state index in [2.05, 4.69) is 0 Å². The molecule has 1 atom stereocenters. The highest BCUT2D eigenvalue weighted by atomic mass is 35.5. The van der Waals surface area contributed by atoms with Gasteiger partial charge in [-0.1, -0.05) is 18.5 Å². The van der Waals surface area contributed by atoms with Crippen molar-refractivity contribution in [3.8, 4) is 11.8 Å². The van der Waals surface area contributed by atoms with E-state index in [0.29, 0.717) is 22.9 Å². The van der Waals surface area contributed by atoms with Crippen molar-refractivity contribution in [3.63, 3.8) is 0 Å². The molecule has 0 bridgehead atoms. The van der Waals surface area contributed by atoms with Gasteiger partial charge in [0.2, 0.25) is 0 Å². The average Bonchev–Trinajstić information content (AvgIpc) is 2.33. The largest absolute Gasteiger partial charge is 0.478 e. The van der Waals surface area contributed by atoms with Gasteiger partial charge in [-0.25, -0.2) is 0 Å². The van der Waals surface area contributed by atoms with Gasteiger partial charge in [0.1, 0.15) is 12.3 Å². The predicted molar refractivity (Wildman–Crippen MR) is 64.1 cm³/mol. The van der Waals surface area contributed by atoms with Crippen molar-refractivity contribution in [1.82, 2.24) is 0 Å². The molecule has 0 radical (unpaired) electrons. The Hall–Kier alpha value is -1.73. The van der Waals surface area contributed by atoms with Crippen molar-refractivity contribution < 1.29 is 9.53 Å². The molecular weight excluding hydrogens is 240 g/mol. The number of hydrogen-bond acceptors (Lipinski definition) is 3. The molecule has 17 heavy (non-hydrogen) atoms. The van der Waals surface area contributed by atoms with E-state index in [1.165, 1.54) is 4.90 Å². The van der Waals surface area contributed by atoms with Crippen LogP contribution < -0.4 is 9.64 Å². The van der Waals surface area contributed by atoms with Gasteiger partial charge >= 0.3 is 0 Å². The van der Waals surface area contributed by atoms with Crippen LogP contribution in [0.15, 0.2) is 18.2 Å². The second-order valence-corrected chi connectivity index (χ2v) is 4.15. The fourth-order valence-corrected chi connectivity index (χ4v) is 1.96. The van der Waals surface area contributed by atoms with Crippen LogP contribution in [-0.4, -0.2) is 18.6 Å². The highest BCUT2D eigenvalue weighted by molar-refractivity contribution is 6.31. The van der Waals surface area contributed by atoms with Crippen molar-refractivity contribution in [1.29, 1.82) is 5.26 Å². The highest BCUT2D eigenvalue weighted by Crippen LogP contribution is 2.36. The van der Waals surface area contributed by atoms with Crippen LogP contribution in [0.5, 0.6) is 5.75 Å². The molecule has 1 aromatic carbocycles. The molecule has 5 heteroatoms. The molecule has 2 rings (SSSR count). The van der Waals surface area contributed by atoms with E-state index in [0.717, 1.165) is 0 Å². The minimum Gasteiger partial charge on any atom is -0.478 e. The molecule has 1 heterocycles. The first-order valence-electron chi connectivity index (χ1n) is 5.32. The third kappa shape index (κ3) is 2.06. The SMILES string of the molecule is CCC1Oc2ccc(Cl)cc2N(CC#N)C1=O. The molecule has 0 saturated carbocycles. The van der Waals surface area contributed by atoms with Gasteiger partial charge in [0, 0.05) is 5.02 Å². The van der Waals surface area contributed by atoms with Crippen molar-refractivity contribution in [2.75, 3.05) is 11.4 Å². The number of nitrogens with zero attached hydrogens (tertiary/aromatic N) is 2. The van der Waals surface area contributed by atoms with E-state index in [1.807, 2.05) is 13.0 Å². The number of ether oxygens (including phenoxy) is 1. The van der Waals surface area contributed by atoms with Crippen LogP contribution >= 0.6 is 11.6 Å². The molecule has 0 fully saturated rings. The van der Waals surface area contributed by atoms with Gasteiger partial charge in [-0.3, -0.25) is 9.69 Å². The van der Waals surface area contributed by atoms with Gasteiger partial charge in [-0.15, -0.1) is 0 Å². The lowest BCUT2D eigenvalue weighted by Gasteiger charge is -2.32. The van der Waals surface area contributed by atoms with E-state index in [-0.39, 0.29) is 12.5 Å². The van der Waals surface area contributed by atoms with Gasteiger partial charge in [-0.2, -0.15) is 5.26 Å². The molecule has 1 aliphatic heterocycles. The Bertz CT molecular complexity index is 496. The third-order valence-corrected chi connectivity index (χ3v) is 2.86. The molecule has 1 aromatic rings. The first-order chi connectivity index (χ1) is 8.17. The summed E-state index contributed by atoms with van der Waals surface area (Å²) in [6.07, 6.45) is 0.0556. The summed E-state index contributed by atoms with van der Waals surface area (Å²) in [4.78, 5) is 13.4. The topological polar surface area (TPSA) is 53.3 Å². The van der Waals surface area contributed by atoms with E-state index < -0.39 is 6.10 Å². The molecule has 1 amide bonds. The van der Waals surface area contributed by atoms with Crippen LogP contribution in [-0.2, 0) is 4.79 Å². The molecule has 88 valence electrons. The maximum atomic E-state index is 12.0. The Balaban J connectivity index is 2.47. The van der Waals surface area contributed by atoms with Crippen molar-refractivity contribution >= 4 is 23.2 Å². The van der Waals surface area contributed by atoms with Crippen LogP contribution in [0.4, 0.5) is 5.69 Å². The summed E-state index contributed by atoms with van der Waals surface area (Å²) in [5.41, 5.74) is 0.564. The van der Waals surface area contributed by atoms with E-state index in [9.17, 15) is 4.79 Å². The van der Waals surface area contributed by atoms with E-state index in [4.69, 9.17) is 21.6 Å². The Morgan fingerprint density at radius 3 is 3.00 bits per heavy atom. The molecule has 0 spiro atoms. The highest BCUT2D eigenvalue weighted by Gasteiger charge is 2.33. The minimum atomic E-state index is -0.517. The average molecular weight is 251 g/mol. The number of halogens is 1. The Morgan fingerprint density at radius 1 is 1.59 bits per heavy atom. The number of rotatable bonds is 2. The Kier molecular flexibility index (Phi) is 3.21. The Morgan fingerprint density at radius 2 is 2.35 bits per heavy atom. The number of hydrogen-bond donors (Lipinski definition) is 0. The van der Waals surface area contributed by atoms with Crippen LogP contribution in [0.2, 0.25) is 5.02 Å². The molecule has 0 aromatic heterocycles. The zero-order chi connectivity index (χ0) is 12.4. The zero-order valence-electron chi connectivity index (χ0n) is 9.31. The van der Waals surface area contributed by atoms with Crippen LogP contribution in [0.1, 0.15) is 13.3 Å². The summed E-state index contributed by atoms with van der Waals surface area (Å²) in [5, 5.41) is 9.28. The van der Waals surface area contributed by atoms with Gasteiger partial charge in [0.25, 0.3) is 5.91 Å². The monoisotopic (exact) mass is 250 g/mol. The molecule has 1 aliphatic rings. The number of carbonyl (C=O) groups is 1. The maximum Gasteiger partial charge on any atom is 0.269 e. The third-order valence-electron chi connectivity index (χ3n) is 2.62. The lowest BCUT2D eigenvalue weighted by atomic mass is 10.1. The summed E-state index contributed by atoms with van der Waals surface area (Å²) < 4.78 is 5.57. The fourth-order valence-electron chi connectivity index (χ4n) is 1.79. The standard InChI is InChI=1S/C12H11ClN2O2/c1-2-10-12(16)15(6-5-14)9-7-8(13)3-4-11(9)17-10/h3-4,7,10H,2,6H2,1H3. The quantitative estimate of drug-likeness (QED) is 0.757. The second kappa shape index (κ2) is 4.64. The van der Waals surface area contributed by atoms with E-state index in [1.54, 1.807) is 18.2 Å². The molecule has 4 nitrogen and oxygen atoms in total. The number of fused-ring (bicyclic) bond motifs is 1. The second-order valence-electron chi connectivity index (χ2n) is 3.71. The number of carbonyl (C=O) groups excluding carboxylic acids is 1. The van der Waals surface area contributed by atoms with Crippen molar-refractivity contribution in [2.24, 2.45) is 0 Å². The predicted octanol–water partition coefficient (Wildman–Crippen LogP) is 2.37. The molecule has 0 N–H and O–H groups in total. The van der Waals surface area contributed by atoms with Crippen LogP contribution in [0, 0.1) is 11.3 Å².